The molecule has 14 heavy (non-hydrogen) atoms. The standard InChI is InChI=1S/C11H10N2O/c1-8(5-6-12)9-3-2-4-10(7-9)11(13)14/h2-5,7H,1H3,(H2,13,14)/b8-5+. The highest BCUT2D eigenvalue weighted by atomic mass is 16.1. The normalized spacial score (nSPS) is 10.7. The van der Waals surface area contributed by atoms with Crippen LogP contribution in [0.25, 0.3) is 5.57 Å². The van der Waals surface area contributed by atoms with Gasteiger partial charge in [0.25, 0.3) is 0 Å². The Kier molecular flexibility index (Phi) is 3.03. The van der Waals surface area contributed by atoms with Gasteiger partial charge in [-0.15, -0.1) is 0 Å². The fourth-order valence-electron chi connectivity index (χ4n) is 1.10. The number of primary amides is 1. The molecular formula is C11H10N2O. The molecule has 1 aromatic rings. The minimum Gasteiger partial charge on any atom is -0.366 e. The van der Waals surface area contributed by atoms with Crippen molar-refractivity contribution in [3.05, 3.63) is 41.5 Å². The summed E-state index contributed by atoms with van der Waals surface area (Å²) in [4.78, 5) is 10.9. The first-order valence-electron chi connectivity index (χ1n) is 4.12. The lowest BCUT2D eigenvalue weighted by Crippen LogP contribution is -2.10. The van der Waals surface area contributed by atoms with Crippen LogP contribution in [-0.4, -0.2) is 5.91 Å². The summed E-state index contributed by atoms with van der Waals surface area (Å²) in [6.07, 6.45) is 1.43. The molecule has 3 heteroatoms. The van der Waals surface area contributed by atoms with Gasteiger partial charge < -0.3 is 5.73 Å². The number of nitrogens with zero attached hydrogens (tertiary/aromatic N) is 1. The SMILES string of the molecule is C/C(=C\C#N)c1cccc(C(N)=O)c1. The first kappa shape index (κ1) is 10.0. The molecule has 1 amide bonds. The summed E-state index contributed by atoms with van der Waals surface area (Å²) in [5.74, 6) is -0.461. The third kappa shape index (κ3) is 2.20. The van der Waals surface area contributed by atoms with Crippen molar-refractivity contribution in [3.8, 4) is 6.07 Å². The van der Waals surface area contributed by atoms with Gasteiger partial charge in [0.2, 0.25) is 5.91 Å². The fraction of sp³-hybridized carbons (Fsp3) is 0.0909. The summed E-state index contributed by atoms with van der Waals surface area (Å²) < 4.78 is 0. The van der Waals surface area contributed by atoms with Crippen LogP contribution >= 0.6 is 0 Å². The van der Waals surface area contributed by atoms with E-state index < -0.39 is 5.91 Å². The molecule has 0 bridgehead atoms. The van der Waals surface area contributed by atoms with Crippen LogP contribution in [0.15, 0.2) is 30.3 Å². The molecule has 3 nitrogen and oxygen atoms in total. The van der Waals surface area contributed by atoms with Crippen molar-refractivity contribution in [1.29, 1.82) is 5.26 Å². The number of carbonyl (C=O) groups is 1. The summed E-state index contributed by atoms with van der Waals surface area (Å²) in [7, 11) is 0. The highest BCUT2D eigenvalue weighted by molar-refractivity contribution is 5.93. The van der Waals surface area contributed by atoms with Crippen LogP contribution in [0.5, 0.6) is 0 Å². The maximum Gasteiger partial charge on any atom is 0.248 e. The van der Waals surface area contributed by atoms with Gasteiger partial charge in [0.05, 0.1) is 6.07 Å². The molecule has 0 saturated heterocycles. The first-order valence-corrected chi connectivity index (χ1v) is 4.12. The van der Waals surface area contributed by atoms with Crippen molar-refractivity contribution in [2.45, 2.75) is 6.92 Å². The van der Waals surface area contributed by atoms with Crippen molar-refractivity contribution >= 4 is 11.5 Å². The number of allylic oxidation sites excluding steroid dienone is 2. The van der Waals surface area contributed by atoms with Crippen LogP contribution in [0.1, 0.15) is 22.8 Å². The molecule has 0 aliphatic heterocycles. The van der Waals surface area contributed by atoms with Crippen molar-refractivity contribution in [3.63, 3.8) is 0 Å². The highest BCUT2D eigenvalue weighted by Crippen LogP contribution is 2.14. The Balaban J connectivity index is 3.13. The average molecular weight is 186 g/mol. The maximum absolute atomic E-state index is 10.9. The molecule has 0 atom stereocenters. The van der Waals surface area contributed by atoms with E-state index in [9.17, 15) is 4.79 Å². The largest absolute Gasteiger partial charge is 0.366 e. The zero-order valence-corrected chi connectivity index (χ0v) is 7.82. The minimum absolute atomic E-state index is 0.452. The topological polar surface area (TPSA) is 66.9 Å². The first-order chi connectivity index (χ1) is 6.65. The molecule has 0 radical (unpaired) electrons. The zero-order valence-electron chi connectivity index (χ0n) is 7.82. The Morgan fingerprint density at radius 3 is 2.71 bits per heavy atom. The van der Waals surface area contributed by atoms with Gasteiger partial charge >= 0.3 is 0 Å². The molecule has 0 saturated carbocycles. The monoisotopic (exact) mass is 186 g/mol. The summed E-state index contributed by atoms with van der Waals surface area (Å²) in [5, 5.41) is 8.46. The average Bonchev–Trinajstić information content (AvgIpc) is 2.18. The molecule has 0 aromatic heterocycles. The highest BCUT2D eigenvalue weighted by Gasteiger charge is 2.01. The van der Waals surface area contributed by atoms with Crippen molar-refractivity contribution in [1.82, 2.24) is 0 Å². The number of benzene rings is 1. The smallest absolute Gasteiger partial charge is 0.248 e. The van der Waals surface area contributed by atoms with Crippen LogP contribution in [-0.2, 0) is 0 Å². The van der Waals surface area contributed by atoms with Gasteiger partial charge in [-0.25, -0.2) is 0 Å². The van der Waals surface area contributed by atoms with Crippen molar-refractivity contribution < 1.29 is 4.79 Å². The molecule has 1 rings (SSSR count). The number of hydrogen-bond donors (Lipinski definition) is 1. The molecule has 1 aromatic carbocycles. The fourth-order valence-corrected chi connectivity index (χ4v) is 1.10. The number of rotatable bonds is 2. The maximum atomic E-state index is 10.9. The second kappa shape index (κ2) is 4.24. The zero-order chi connectivity index (χ0) is 10.6. The van der Waals surface area contributed by atoms with E-state index in [2.05, 4.69) is 0 Å². The number of hydrogen-bond acceptors (Lipinski definition) is 2. The van der Waals surface area contributed by atoms with E-state index in [1.807, 2.05) is 19.1 Å². The Labute approximate surface area is 82.5 Å². The Morgan fingerprint density at radius 2 is 2.14 bits per heavy atom. The van der Waals surface area contributed by atoms with E-state index in [4.69, 9.17) is 11.0 Å². The lowest BCUT2D eigenvalue weighted by atomic mass is 10.0. The molecule has 0 unspecified atom stereocenters. The summed E-state index contributed by atoms with van der Waals surface area (Å²) >= 11 is 0. The van der Waals surface area contributed by atoms with Crippen molar-refractivity contribution in [2.24, 2.45) is 5.73 Å². The number of nitrogens with two attached hydrogens (primary N) is 1. The van der Waals surface area contributed by atoms with Gasteiger partial charge in [0.15, 0.2) is 0 Å². The van der Waals surface area contributed by atoms with Gasteiger partial charge in [-0.1, -0.05) is 12.1 Å². The summed E-state index contributed by atoms with van der Waals surface area (Å²) in [5.41, 5.74) is 7.24. The molecule has 70 valence electrons. The van der Waals surface area contributed by atoms with Gasteiger partial charge in [-0.3, -0.25) is 4.79 Å². The van der Waals surface area contributed by atoms with Crippen LogP contribution in [0.4, 0.5) is 0 Å². The van der Waals surface area contributed by atoms with Gasteiger partial charge in [0.1, 0.15) is 0 Å². The van der Waals surface area contributed by atoms with E-state index in [1.165, 1.54) is 6.08 Å². The predicted molar refractivity (Wildman–Crippen MR) is 54.2 cm³/mol. The van der Waals surface area contributed by atoms with Crippen LogP contribution < -0.4 is 5.73 Å². The second-order valence-corrected chi connectivity index (χ2v) is 2.90. The quantitative estimate of drug-likeness (QED) is 0.714. The van der Waals surface area contributed by atoms with E-state index in [1.54, 1.807) is 18.2 Å². The van der Waals surface area contributed by atoms with E-state index >= 15 is 0 Å². The summed E-state index contributed by atoms with van der Waals surface area (Å²) in [6, 6.07) is 8.82. The Morgan fingerprint density at radius 1 is 1.50 bits per heavy atom. The van der Waals surface area contributed by atoms with E-state index in [0.717, 1.165) is 11.1 Å². The van der Waals surface area contributed by atoms with Crippen LogP contribution in [0.3, 0.4) is 0 Å². The number of amides is 1. The molecular weight excluding hydrogens is 176 g/mol. The van der Waals surface area contributed by atoms with Crippen LogP contribution in [0, 0.1) is 11.3 Å². The van der Waals surface area contributed by atoms with Gasteiger partial charge in [-0.2, -0.15) is 5.26 Å². The van der Waals surface area contributed by atoms with Gasteiger partial charge in [-0.05, 0) is 30.2 Å². The van der Waals surface area contributed by atoms with E-state index in [-0.39, 0.29) is 0 Å². The van der Waals surface area contributed by atoms with Gasteiger partial charge in [0, 0.05) is 11.6 Å². The third-order valence-corrected chi connectivity index (χ3v) is 1.88. The van der Waals surface area contributed by atoms with Crippen molar-refractivity contribution in [2.75, 3.05) is 0 Å². The lowest BCUT2D eigenvalue weighted by Gasteiger charge is -2.01. The van der Waals surface area contributed by atoms with Crippen LogP contribution in [0.2, 0.25) is 0 Å². The number of nitriles is 1. The molecule has 0 aliphatic carbocycles. The third-order valence-electron chi connectivity index (χ3n) is 1.88. The molecule has 0 aliphatic rings. The minimum atomic E-state index is -0.461. The number of carbonyl (C=O) groups excluding carboxylic acids is 1. The second-order valence-electron chi connectivity index (χ2n) is 2.90. The Bertz CT molecular complexity index is 427. The predicted octanol–water partition coefficient (Wildman–Crippen LogP) is 1.71. The molecule has 2 N–H and O–H groups in total. The molecule has 0 fully saturated rings. The van der Waals surface area contributed by atoms with E-state index in [0.29, 0.717) is 5.56 Å². The Hall–Kier alpha value is -2.08. The molecule has 0 spiro atoms. The lowest BCUT2D eigenvalue weighted by molar-refractivity contribution is 0.100. The molecule has 0 heterocycles. The summed E-state index contributed by atoms with van der Waals surface area (Å²) in [6.45, 7) is 1.81.